The molecule has 0 fully saturated rings. The summed E-state index contributed by atoms with van der Waals surface area (Å²) in [6.07, 6.45) is 0.825. The predicted molar refractivity (Wildman–Crippen MR) is 71.6 cm³/mol. The number of hydrogen-bond acceptors (Lipinski definition) is 5. The molecule has 106 valence electrons. The van der Waals surface area contributed by atoms with E-state index in [4.69, 9.17) is 15.2 Å². The first kappa shape index (κ1) is 13.9. The Morgan fingerprint density at radius 3 is 2.65 bits per heavy atom. The Labute approximate surface area is 115 Å². The van der Waals surface area contributed by atoms with Gasteiger partial charge in [0.2, 0.25) is 0 Å². The third kappa shape index (κ3) is 3.25. The third-order valence-corrected chi connectivity index (χ3v) is 2.71. The highest BCUT2D eigenvalue weighted by Gasteiger charge is 2.12. The first-order valence-corrected chi connectivity index (χ1v) is 6.12. The van der Waals surface area contributed by atoms with Gasteiger partial charge in [-0.2, -0.15) is 5.10 Å². The van der Waals surface area contributed by atoms with Gasteiger partial charge in [0.1, 0.15) is 0 Å². The van der Waals surface area contributed by atoms with Crippen molar-refractivity contribution in [2.45, 2.75) is 13.3 Å². The number of hydrogen-bond donors (Lipinski definition) is 2. The van der Waals surface area contributed by atoms with Crippen LogP contribution in [0.2, 0.25) is 0 Å². The third-order valence-electron chi connectivity index (χ3n) is 2.71. The van der Waals surface area contributed by atoms with E-state index in [2.05, 4.69) is 10.5 Å². The van der Waals surface area contributed by atoms with E-state index in [1.807, 2.05) is 0 Å². The Morgan fingerprint density at radius 2 is 1.95 bits per heavy atom. The topological polar surface area (TPSA) is 103 Å². The van der Waals surface area contributed by atoms with Crippen LogP contribution in [0, 0.1) is 0 Å². The minimum Gasteiger partial charge on any atom is -0.490 e. The van der Waals surface area contributed by atoms with E-state index in [1.165, 1.54) is 0 Å². The number of primary amides is 1. The highest BCUT2D eigenvalue weighted by Crippen LogP contribution is 2.30. The van der Waals surface area contributed by atoms with Crippen LogP contribution in [0.15, 0.2) is 23.3 Å². The molecule has 0 bridgehead atoms. The number of carbonyl (C=O) groups excluding carboxylic acids is 2. The summed E-state index contributed by atoms with van der Waals surface area (Å²) in [6.45, 7) is 2.90. The van der Waals surface area contributed by atoms with E-state index in [-0.39, 0.29) is 0 Å². The van der Waals surface area contributed by atoms with Gasteiger partial charge < -0.3 is 15.2 Å². The molecule has 7 heteroatoms. The van der Waals surface area contributed by atoms with Crippen molar-refractivity contribution in [3.63, 3.8) is 0 Å². The summed E-state index contributed by atoms with van der Waals surface area (Å²) in [7, 11) is 0. The van der Waals surface area contributed by atoms with Crippen molar-refractivity contribution < 1.29 is 19.1 Å². The molecule has 0 unspecified atom stereocenters. The van der Waals surface area contributed by atoms with Crippen LogP contribution in [0.4, 0.5) is 0 Å². The fraction of sp³-hybridized carbons (Fsp3) is 0.308. The molecule has 2 amide bonds. The lowest BCUT2D eigenvalue weighted by Crippen LogP contribution is -2.33. The zero-order valence-corrected chi connectivity index (χ0v) is 11.0. The second-order valence-corrected chi connectivity index (χ2v) is 4.21. The van der Waals surface area contributed by atoms with E-state index in [0.717, 1.165) is 12.0 Å². The van der Waals surface area contributed by atoms with E-state index < -0.39 is 11.8 Å². The minimum absolute atomic E-state index is 0.523. The van der Waals surface area contributed by atoms with Gasteiger partial charge in [0, 0.05) is 12.0 Å². The minimum atomic E-state index is -1.08. The largest absolute Gasteiger partial charge is 0.490 e. The predicted octanol–water partition coefficient (Wildman–Crippen LogP) is 0.173. The summed E-state index contributed by atoms with van der Waals surface area (Å²) >= 11 is 0. The maximum atomic E-state index is 11.0. The zero-order chi connectivity index (χ0) is 14.5. The second-order valence-electron chi connectivity index (χ2n) is 4.21. The Kier molecular flexibility index (Phi) is 4.19. The molecule has 7 nitrogen and oxygen atoms in total. The van der Waals surface area contributed by atoms with Gasteiger partial charge >= 0.3 is 11.8 Å². The summed E-state index contributed by atoms with van der Waals surface area (Å²) in [5.41, 5.74) is 8.16. The van der Waals surface area contributed by atoms with Crippen molar-refractivity contribution in [2.75, 3.05) is 13.2 Å². The summed E-state index contributed by atoms with van der Waals surface area (Å²) < 4.78 is 11.1. The molecule has 1 aliphatic rings. The normalized spacial score (nSPS) is 14.3. The lowest BCUT2D eigenvalue weighted by molar-refractivity contribution is -0.137. The highest BCUT2D eigenvalue weighted by molar-refractivity contribution is 6.34. The first-order valence-electron chi connectivity index (χ1n) is 6.12. The van der Waals surface area contributed by atoms with Gasteiger partial charge in [-0.05, 0) is 25.1 Å². The number of nitrogens with two attached hydrogens (primary N) is 1. The summed E-state index contributed by atoms with van der Waals surface area (Å²) in [6, 6.07) is 5.35. The fourth-order valence-corrected chi connectivity index (χ4v) is 1.64. The molecule has 1 heterocycles. The van der Waals surface area contributed by atoms with E-state index in [0.29, 0.717) is 30.4 Å². The number of fused-ring (bicyclic) bond motifs is 1. The summed E-state index contributed by atoms with van der Waals surface area (Å²) in [5, 5.41) is 3.81. The van der Waals surface area contributed by atoms with Crippen LogP contribution in [0.5, 0.6) is 11.5 Å². The molecule has 0 radical (unpaired) electrons. The Balaban J connectivity index is 2.16. The lowest BCUT2D eigenvalue weighted by Gasteiger charge is -2.09. The molecule has 0 saturated heterocycles. The van der Waals surface area contributed by atoms with Crippen molar-refractivity contribution in [1.29, 1.82) is 0 Å². The second kappa shape index (κ2) is 6.05. The van der Waals surface area contributed by atoms with Crippen LogP contribution in [-0.2, 0) is 9.59 Å². The molecule has 0 saturated carbocycles. The summed E-state index contributed by atoms with van der Waals surface area (Å²) in [4.78, 5) is 21.6. The van der Waals surface area contributed by atoms with Crippen molar-refractivity contribution in [1.82, 2.24) is 5.43 Å². The molecule has 0 spiro atoms. The molecule has 0 aromatic heterocycles. The molecular weight excluding hydrogens is 262 g/mol. The Hall–Kier alpha value is -2.57. The number of hydrazone groups is 1. The molecule has 0 atom stereocenters. The van der Waals surface area contributed by atoms with Gasteiger partial charge in [0.25, 0.3) is 0 Å². The average Bonchev–Trinajstić information content (AvgIpc) is 2.68. The SMILES string of the molecule is C/C(=N/NC(=O)C(N)=O)c1ccc2c(c1)OCCCO2. The number of carbonyl (C=O) groups is 2. The quantitative estimate of drug-likeness (QED) is 0.457. The molecule has 1 aromatic carbocycles. The first-order chi connectivity index (χ1) is 9.58. The van der Waals surface area contributed by atoms with Crippen LogP contribution in [0.3, 0.4) is 0 Å². The van der Waals surface area contributed by atoms with Gasteiger partial charge in [-0.3, -0.25) is 9.59 Å². The number of ether oxygens (including phenoxy) is 2. The van der Waals surface area contributed by atoms with Gasteiger partial charge in [0.15, 0.2) is 11.5 Å². The molecule has 1 aromatic rings. The van der Waals surface area contributed by atoms with Gasteiger partial charge in [0.05, 0.1) is 18.9 Å². The van der Waals surface area contributed by atoms with Crippen LogP contribution in [-0.4, -0.2) is 30.7 Å². The number of rotatable bonds is 2. The van der Waals surface area contributed by atoms with Crippen LogP contribution in [0.1, 0.15) is 18.9 Å². The molecular formula is C13H15N3O4. The monoisotopic (exact) mass is 277 g/mol. The van der Waals surface area contributed by atoms with Gasteiger partial charge in [-0.15, -0.1) is 0 Å². The lowest BCUT2D eigenvalue weighted by atomic mass is 10.1. The smallest absolute Gasteiger partial charge is 0.329 e. The standard InChI is InChI=1S/C13H15N3O4/c1-8(15-16-13(18)12(14)17)9-3-4-10-11(7-9)20-6-2-5-19-10/h3-4,7H,2,5-6H2,1H3,(H2,14,17)(H,16,18)/b15-8-. The van der Waals surface area contributed by atoms with Crippen molar-refractivity contribution in [3.05, 3.63) is 23.8 Å². The van der Waals surface area contributed by atoms with Crippen molar-refractivity contribution in [3.8, 4) is 11.5 Å². The molecule has 1 aliphatic heterocycles. The van der Waals surface area contributed by atoms with Crippen molar-refractivity contribution >= 4 is 17.5 Å². The molecule has 20 heavy (non-hydrogen) atoms. The van der Waals surface area contributed by atoms with Gasteiger partial charge in [-0.1, -0.05) is 0 Å². The maximum Gasteiger partial charge on any atom is 0.329 e. The van der Waals surface area contributed by atoms with E-state index in [9.17, 15) is 9.59 Å². The number of nitrogens with zero attached hydrogens (tertiary/aromatic N) is 1. The van der Waals surface area contributed by atoms with E-state index >= 15 is 0 Å². The molecule has 0 aliphatic carbocycles. The van der Waals surface area contributed by atoms with E-state index in [1.54, 1.807) is 25.1 Å². The van der Waals surface area contributed by atoms with Crippen LogP contribution < -0.4 is 20.6 Å². The maximum absolute atomic E-state index is 11.0. The fourth-order valence-electron chi connectivity index (χ4n) is 1.64. The van der Waals surface area contributed by atoms with Crippen molar-refractivity contribution in [2.24, 2.45) is 10.8 Å². The Bertz CT molecular complexity index is 569. The number of amides is 2. The zero-order valence-electron chi connectivity index (χ0n) is 11.0. The molecule has 3 N–H and O–H groups in total. The van der Waals surface area contributed by atoms with Crippen LogP contribution in [0.25, 0.3) is 0 Å². The average molecular weight is 277 g/mol. The summed E-state index contributed by atoms with van der Waals surface area (Å²) in [5.74, 6) is -0.727. The Morgan fingerprint density at radius 1 is 1.25 bits per heavy atom. The number of benzene rings is 1. The molecule has 2 rings (SSSR count). The highest BCUT2D eigenvalue weighted by atomic mass is 16.5. The van der Waals surface area contributed by atoms with Crippen LogP contribution >= 0.6 is 0 Å². The number of nitrogens with one attached hydrogen (secondary N) is 1. The van der Waals surface area contributed by atoms with Gasteiger partial charge in [-0.25, -0.2) is 5.43 Å².